The van der Waals surface area contributed by atoms with Gasteiger partial charge in [0.1, 0.15) is 5.75 Å². The molecule has 0 saturated carbocycles. The van der Waals surface area contributed by atoms with Crippen LogP contribution in [0.1, 0.15) is 22.8 Å². The second kappa shape index (κ2) is 7.74. The highest BCUT2D eigenvalue weighted by Crippen LogP contribution is 2.23. The number of amides is 1. The molecule has 0 aliphatic rings. The van der Waals surface area contributed by atoms with Crippen LogP contribution >= 0.6 is 0 Å². The molecule has 2 N–H and O–H groups in total. The molecule has 0 heterocycles. The number of aromatic carboxylic acids is 1. The van der Waals surface area contributed by atoms with Crippen molar-refractivity contribution < 1.29 is 19.4 Å². The Morgan fingerprint density at radius 2 is 1.74 bits per heavy atom. The molecule has 0 bridgehead atoms. The first-order valence-corrected chi connectivity index (χ1v) is 8.37. The van der Waals surface area contributed by atoms with E-state index >= 15 is 0 Å². The summed E-state index contributed by atoms with van der Waals surface area (Å²) >= 11 is 0. The van der Waals surface area contributed by atoms with Gasteiger partial charge in [0, 0.05) is 5.57 Å². The lowest BCUT2D eigenvalue weighted by atomic mass is 10.0. The molecule has 136 valence electrons. The van der Waals surface area contributed by atoms with Crippen LogP contribution < -0.4 is 10.1 Å². The summed E-state index contributed by atoms with van der Waals surface area (Å²) in [5, 5.41) is 14.2. The molecule has 0 unspecified atom stereocenters. The van der Waals surface area contributed by atoms with Crippen LogP contribution in [0.5, 0.6) is 5.75 Å². The third kappa shape index (κ3) is 4.15. The Kier molecular flexibility index (Phi) is 5.22. The molecule has 0 atom stereocenters. The second-order valence-electron chi connectivity index (χ2n) is 6.10. The second-order valence-corrected chi connectivity index (χ2v) is 6.10. The predicted molar refractivity (Wildman–Crippen MR) is 106 cm³/mol. The normalized spacial score (nSPS) is 11.3. The van der Waals surface area contributed by atoms with Gasteiger partial charge in [-0.3, -0.25) is 4.79 Å². The van der Waals surface area contributed by atoms with Crippen molar-refractivity contribution in [2.45, 2.75) is 6.92 Å². The zero-order valence-corrected chi connectivity index (χ0v) is 15.0. The molecule has 1 amide bonds. The standard InChI is InChI=1S/C22H19NO4/c1-14(11-15-7-8-16-5-3-4-6-17(16)12-15)21(24)23-20-10-9-18(27-2)13-19(20)22(25)26/h3-13H,1-2H3,(H,23,24)(H,25,26). The van der Waals surface area contributed by atoms with Gasteiger partial charge < -0.3 is 15.2 Å². The highest BCUT2D eigenvalue weighted by molar-refractivity contribution is 6.09. The average molecular weight is 361 g/mol. The Balaban J connectivity index is 1.84. The maximum Gasteiger partial charge on any atom is 0.337 e. The van der Waals surface area contributed by atoms with E-state index in [1.165, 1.54) is 19.2 Å². The van der Waals surface area contributed by atoms with Gasteiger partial charge in [0.25, 0.3) is 5.91 Å². The van der Waals surface area contributed by atoms with Crippen LogP contribution in [0.25, 0.3) is 16.8 Å². The summed E-state index contributed by atoms with van der Waals surface area (Å²) in [4.78, 5) is 23.9. The lowest BCUT2D eigenvalue weighted by molar-refractivity contribution is -0.112. The van der Waals surface area contributed by atoms with Crippen LogP contribution in [0.3, 0.4) is 0 Å². The number of methoxy groups -OCH3 is 1. The summed E-state index contributed by atoms with van der Waals surface area (Å²) in [6.07, 6.45) is 1.77. The number of nitrogens with one attached hydrogen (secondary N) is 1. The molecular weight excluding hydrogens is 342 g/mol. The lowest BCUT2D eigenvalue weighted by Crippen LogP contribution is -2.15. The number of carboxylic acid groups (broad SMARTS) is 1. The highest BCUT2D eigenvalue weighted by atomic mass is 16.5. The van der Waals surface area contributed by atoms with E-state index in [1.54, 1.807) is 19.1 Å². The highest BCUT2D eigenvalue weighted by Gasteiger charge is 2.14. The Morgan fingerprint density at radius 1 is 1.00 bits per heavy atom. The van der Waals surface area contributed by atoms with Gasteiger partial charge in [0.15, 0.2) is 0 Å². The molecule has 5 heteroatoms. The van der Waals surface area contributed by atoms with E-state index in [4.69, 9.17) is 4.74 Å². The van der Waals surface area contributed by atoms with Crippen molar-refractivity contribution in [3.63, 3.8) is 0 Å². The number of hydrogen-bond donors (Lipinski definition) is 2. The van der Waals surface area contributed by atoms with E-state index in [2.05, 4.69) is 5.32 Å². The molecule has 3 rings (SSSR count). The molecule has 0 aromatic heterocycles. The fourth-order valence-corrected chi connectivity index (χ4v) is 2.77. The number of carbonyl (C=O) groups excluding carboxylic acids is 1. The van der Waals surface area contributed by atoms with Crippen LogP contribution in [0.15, 0.2) is 66.2 Å². The van der Waals surface area contributed by atoms with E-state index in [9.17, 15) is 14.7 Å². The third-order valence-electron chi connectivity index (χ3n) is 4.22. The number of benzene rings is 3. The van der Waals surface area contributed by atoms with Gasteiger partial charge in [0.2, 0.25) is 0 Å². The summed E-state index contributed by atoms with van der Waals surface area (Å²) < 4.78 is 5.04. The average Bonchev–Trinajstić information content (AvgIpc) is 2.67. The van der Waals surface area contributed by atoms with Gasteiger partial charge in [-0.05, 0) is 53.6 Å². The smallest absolute Gasteiger partial charge is 0.337 e. The molecule has 3 aromatic carbocycles. The van der Waals surface area contributed by atoms with Crippen molar-refractivity contribution in [3.05, 3.63) is 77.4 Å². The Labute approximate surface area is 156 Å². The van der Waals surface area contributed by atoms with Crippen LogP contribution in [0.2, 0.25) is 0 Å². The van der Waals surface area contributed by atoms with Gasteiger partial charge in [-0.15, -0.1) is 0 Å². The number of anilines is 1. The van der Waals surface area contributed by atoms with Crippen LogP contribution in [-0.2, 0) is 4.79 Å². The Hall–Kier alpha value is -3.60. The monoisotopic (exact) mass is 361 g/mol. The molecule has 5 nitrogen and oxygen atoms in total. The Morgan fingerprint density at radius 3 is 2.44 bits per heavy atom. The van der Waals surface area contributed by atoms with Crippen molar-refractivity contribution in [3.8, 4) is 5.75 Å². The minimum atomic E-state index is -1.14. The third-order valence-corrected chi connectivity index (χ3v) is 4.22. The number of carbonyl (C=O) groups is 2. The fraction of sp³-hybridized carbons (Fsp3) is 0.0909. The first-order valence-electron chi connectivity index (χ1n) is 8.37. The summed E-state index contributed by atoms with van der Waals surface area (Å²) in [5.41, 5.74) is 1.56. The quantitative estimate of drug-likeness (QED) is 0.652. The zero-order chi connectivity index (χ0) is 19.4. The van der Waals surface area contributed by atoms with Crippen LogP contribution in [0.4, 0.5) is 5.69 Å². The van der Waals surface area contributed by atoms with Crippen molar-refractivity contribution in [2.75, 3.05) is 12.4 Å². The summed E-state index contributed by atoms with van der Waals surface area (Å²) in [6, 6.07) is 18.4. The van der Waals surface area contributed by atoms with E-state index in [-0.39, 0.29) is 17.2 Å². The fourth-order valence-electron chi connectivity index (χ4n) is 2.77. The van der Waals surface area contributed by atoms with Gasteiger partial charge >= 0.3 is 5.97 Å². The minimum absolute atomic E-state index is 0.0267. The first kappa shape index (κ1) is 18.2. The topological polar surface area (TPSA) is 75.6 Å². The molecule has 0 aliphatic heterocycles. The minimum Gasteiger partial charge on any atom is -0.497 e. The van der Waals surface area contributed by atoms with E-state index in [0.29, 0.717) is 11.3 Å². The SMILES string of the molecule is COc1ccc(NC(=O)C(C)=Cc2ccc3ccccc3c2)c(C(=O)O)c1. The van der Waals surface area contributed by atoms with Gasteiger partial charge in [-0.1, -0.05) is 36.4 Å². The van der Waals surface area contributed by atoms with Gasteiger partial charge in [0.05, 0.1) is 18.4 Å². The van der Waals surface area contributed by atoms with Crippen molar-refractivity contribution in [1.82, 2.24) is 0 Å². The van der Waals surface area contributed by atoms with Crippen LogP contribution in [0, 0.1) is 0 Å². The number of rotatable bonds is 5. The maximum absolute atomic E-state index is 12.5. The predicted octanol–water partition coefficient (Wildman–Crippen LogP) is 4.59. The van der Waals surface area contributed by atoms with E-state index in [0.717, 1.165) is 16.3 Å². The van der Waals surface area contributed by atoms with Crippen LogP contribution in [-0.4, -0.2) is 24.1 Å². The first-order chi connectivity index (χ1) is 13.0. The summed E-state index contributed by atoms with van der Waals surface area (Å²) in [6.45, 7) is 1.69. The molecule has 0 fully saturated rings. The van der Waals surface area contributed by atoms with E-state index < -0.39 is 5.97 Å². The Bertz CT molecular complexity index is 1050. The molecule has 3 aromatic rings. The molecule has 0 radical (unpaired) electrons. The van der Waals surface area contributed by atoms with Gasteiger partial charge in [-0.2, -0.15) is 0 Å². The number of fused-ring (bicyclic) bond motifs is 1. The molecule has 27 heavy (non-hydrogen) atoms. The number of hydrogen-bond acceptors (Lipinski definition) is 3. The van der Waals surface area contributed by atoms with Gasteiger partial charge in [-0.25, -0.2) is 4.79 Å². The maximum atomic E-state index is 12.5. The van der Waals surface area contributed by atoms with Crippen molar-refractivity contribution >= 4 is 34.4 Å². The molecule has 0 aliphatic carbocycles. The summed E-state index contributed by atoms with van der Waals surface area (Å²) in [7, 11) is 1.45. The number of carboxylic acids is 1. The van der Waals surface area contributed by atoms with Crippen molar-refractivity contribution in [2.24, 2.45) is 0 Å². The largest absolute Gasteiger partial charge is 0.497 e. The van der Waals surface area contributed by atoms with Crippen molar-refractivity contribution in [1.29, 1.82) is 0 Å². The lowest BCUT2D eigenvalue weighted by Gasteiger charge is -2.10. The summed E-state index contributed by atoms with van der Waals surface area (Å²) in [5.74, 6) is -1.09. The molecule has 0 spiro atoms. The molecule has 0 saturated heterocycles. The molecular formula is C22H19NO4. The zero-order valence-electron chi connectivity index (χ0n) is 15.0. The number of ether oxygens (including phenoxy) is 1. The van der Waals surface area contributed by atoms with E-state index in [1.807, 2.05) is 42.5 Å².